The summed E-state index contributed by atoms with van der Waals surface area (Å²) in [6, 6.07) is 2.64. The van der Waals surface area contributed by atoms with Crippen molar-refractivity contribution in [1.82, 2.24) is 9.97 Å². The van der Waals surface area contributed by atoms with E-state index in [1.54, 1.807) is 6.92 Å². The van der Waals surface area contributed by atoms with Crippen LogP contribution in [-0.4, -0.2) is 16.6 Å². The van der Waals surface area contributed by atoms with Crippen LogP contribution in [0.4, 0.5) is 13.2 Å². The molecule has 106 valence electrons. The van der Waals surface area contributed by atoms with Gasteiger partial charge in [-0.2, -0.15) is 0 Å². The van der Waals surface area contributed by atoms with Crippen molar-refractivity contribution in [3.8, 4) is 11.3 Å². The van der Waals surface area contributed by atoms with Crippen LogP contribution in [0.3, 0.4) is 0 Å². The number of aromatic nitrogens is 2. The van der Waals surface area contributed by atoms with Crippen LogP contribution in [0, 0.1) is 17.5 Å². The first kappa shape index (κ1) is 14.3. The van der Waals surface area contributed by atoms with Crippen LogP contribution >= 0.6 is 0 Å². The molecule has 4 nitrogen and oxygen atoms in total. The van der Waals surface area contributed by atoms with Crippen LogP contribution < -0.4 is 5.56 Å². The maximum atomic E-state index is 13.2. The summed E-state index contributed by atoms with van der Waals surface area (Å²) in [5, 5.41) is 0. The molecule has 0 saturated carbocycles. The number of benzene rings is 1. The van der Waals surface area contributed by atoms with Crippen molar-refractivity contribution in [2.75, 3.05) is 6.61 Å². The van der Waals surface area contributed by atoms with Gasteiger partial charge in [0.05, 0.1) is 5.69 Å². The highest BCUT2D eigenvalue weighted by molar-refractivity contribution is 5.58. The number of nitrogens with zero attached hydrogens (tertiary/aromatic N) is 1. The molecule has 0 amide bonds. The van der Waals surface area contributed by atoms with Crippen molar-refractivity contribution >= 4 is 0 Å². The summed E-state index contributed by atoms with van der Waals surface area (Å²) in [5.74, 6) is -4.02. The minimum atomic E-state index is -1.56. The second kappa shape index (κ2) is 5.87. The number of H-pyrrole nitrogens is 1. The van der Waals surface area contributed by atoms with E-state index in [9.17, 15) is 18.0 Å². The lowest BCUT2D eigenvalue weighted by molar-refractivity contribution is 0.128. The molecule has 0 atom stereocenters. The molecule has 20 heavy (non-hydrogen) atoms. The SMILES string of the molecule is CCOCc1nc(-c2cc(F)c(F)c(F)c2)cc(=O)[nH]1. The first-order valence-electron chi connectivity index (χ1n) is 5.84. The summed E-state index contributed by atoms with van der Waals surface area (Å²) >= 11 is 0. The summed E-state index contributed by atoms with van der Waals surface area (Å²) in [6.07, 6.45) is 0. The Kier molecular flexibility index (Phi) is 4.19. The number of rotatable bonds is 4. The number of aromatic amines is 1. The lowest BCUT2D eigenvalue weighted by Crippen LogP contribution is -2.12. The molecular formula is C13H11F3N2O2. The van der Waals surface area contributed by atoms with Crippen LogP contribution in [0.2, 0.25) is 0 Å². The minimum absolute atomic E-state index is 0.0229. The van der Waals surface area contributed by atoms with Gasteiger partial charge in [-0.05, 0) is 19.1 Å². The average molecular weight is 284 g/mol. The van der Waals surface area contributed by atoms with Gasteiger partial charge in [0.15, 0.2) is 17.5 Å². The molecule has 0 fully saturated rings. The fourth-order valence-corrected chi connectivity index (χ4v) is 1.63. The highest BCUT2D eigenvalue weighted by Gasteiger charge is 2.13. The average Bonchev–Trinajstić information content (AvgIpc) is 2.41. The zero-order valence-corrected chi connectivity index (χ0v) is 10.5. The Labute approximate surface area is 112 Å². The molecular weight excluding hydrogens is 273 g/mol. The van der Waals surface area contributed by atoms with Gasteiger partial charge in [0.1, 0.15) is 12.4 Å². The Morgan fingerprint density at radius 2 is 1.85 bits per heavy atom. The van der Waals surface area contributed by atoms with Gasteiger partial charge in [0, 0.05) is 18.2 Å². The maximum Gasteiger partial charge on any atom is 0.251 e. The summed E-state index contributed by atoms with van der Waals surface area (Å²) in [6.45, 7) is 2.26. The smallest absolute Gasteiger partial charge is 0.251 e. The Bertz CT molecular complexity index is 663. The predicted molar refractivity (Wildman–Crippen MR) is 65.5 cm³/mol. The standard InChI is InChI=1S/C13H11F3N2O2/c1-2-20-6-11-17-10(5-12(19)18-11)7-3-8(14)13(16)9(15)4-7/h3-5H,2,6H2,1H3,(H,17,18,19). The second-order valence-corrected chi connectivity index (χ2v) is 3.97. The summed E-state index contributed by atoms with van der Waals surface area (Å²) in [5.41, 5.74) is -0.471. The lowest BCUT2D eigenvalue weighted by atomic mass is 10.1. The molecule has 0 bridgehead atoms. The van der Waals surface area contributed by atoms with E-state index in [0.717, 1.165) is 18.2 Å². The highest BCUT2D eigenvalue weighted by atomic mass is 19.2. The largest absolute Gasteiger partial charge is 0.374 e. The van der Waals surface area contributed by atoms with Gasteiger partial charge >= 0.3 is 0 Å². The number of nitrogens with one attached hydrogen (secondary N) is 1. The normalized spacial score (nSPS) is 10.8. The van der Waals surface area contributed by atoms with E-state index < -0.39 is 23.0 Å². The van der Waals surface area contributed by atoms with E-state index >= 15 is 0 Å². The van der Waals surface area contributed by atoms with Gasteiger partial charge in [-0.15, -0.1) is 0 Å². The summed E-state index contributed by atoms with van der Waals surface area (Å²) in [4.78, 5) is 17.9. The minimum Gasteiger partial charge on any atom is -0.374 e. The number of halogens is 3. The molecule has 0 spiro atoms. The first-order valence-corrected chi connectivity index (χ1v) is 5.84. The first-order chi connectivity index (χ1) is 9.51. The van der Waals surface area contributed by atoms with Gasteiger partial charge < -0.3 is 9.72 Å². The molecule has 1 heterocycles. The van der Waals surface area contributed by atoms with Crippen molar-refractivity contribution in [3.63, 3.8) is 0 Å². The van der Waals surface area contributed by atoms with Crippen LogP contribution in [0.5, 0.6) is 0 Å². The van der Waals surface area contributed by atoms with Crippen LogP contribution in [-0.2, 0) is 11.3 Å². The molecule has 1 N–H and O–H groups in total. The molecule has 0 aliphatic heterocycles. The van der Waals surface area contributed by atoms with E-state index in [-0.39, 0.29) is 23.7 Å². The van der Waals surface area contributed by atoms with Gasteiger partial charge in [0.2, 0.25) is 0 Å². The maximum absolute atomic E-state index is 13.2. The Balaban J connectivity index is 2.47. The van der Waals surface area contributed by atoms with Crippen molar-refractivity contribution < 1.29 is 17.9 Å². The molecule has 7 heteroatoms. The van der Waals surface area contributed by atoms with Gasteiger partial charge in [-0.3, -0.25) is 4.79 Å². The zero-order chi connectivity index (χ0) is 14.7. The molecule has 0 radical (unpaired) electrons. The van der Waals surface area contributed by atoms with E-state index in [2.05, 4.69) is 9.97 Å². The summed E-state index contributed by atoms with van der Waals surface area (Å²) in [7, 11) is 0. The molecule has 2 rings (SSSR count). The third kappa shape index (κ3) is 3.05. The Morgan fingerprint density at radius 1 is 1.20 bits per heavy atom. The Morgan fingerprint density at radius 3 is 2.45 bits per heavy atom. The van der Waals surface area contributed by atoms with Crippen LogP contribution in [0.15, 0.2) is 23.0 Å². The molecule has 2 aromatic rings. The van der Waals surface area contributed by atoms with E-state index in [4.69, 9.17) is 4.74 Å². The molecule has 0 unspecified atom stereocenters. The van der Waals surface area contributed by atoms with Crippen LogP contribution in [0.25, 0.3) is 11.3 Å². The van der Waals surface area contributed by atoms with E-state index in [1.807, 2.05) is 0 Å². The second-order valence-electron chi connectivity index (χ2n) is 3.97. The Hall–Kier alpha value is -2.15. The number of ether oxygens (including phenoxy) is 1. The quantitative estimate of drug-likeness (QED) is 0.877. The number of hydrogen-bond donors (Lipinski definition) is 1. The van der Waals surface area contributed by atoms with E-state index in [1.165, 1.54) is 0 Å². The van der Waals surface area contributed by atoms with Gasteiger partial charge in [-0.25, -0.2) is 18.2 Å². The van der Waals surface area contributed by atoms with Crippen molar-refractivity contribution in [2.45, 2.75) is 13.5 Å². The van der Waals surface area contributed by atoms with E-state index in [0.29, 0.717) is 6.61 Å². The molecule has 1 aromatic carbocycles. The molecule has 0 aliphatic rings. The van der Waals surface area contributed by atoms with Crippen molar-refractivity contribution in [3.05, 3.63) is 51.8 Å². The van der Waals surface area contributed by atoms with Crippen molar-refractivity contribution in [2.24, 2.45) is 0 Å². The highest BCUT2D eigenvalue weighted by Crippen LogP contribution is 2.21. The zero-order valence-electron chi connectivity index (χ0n) is 10.5. The fourth-order valence-electron chi connectivity index (χ4n) is 1.63. The predicted octanol–water partition coefficient (Wildman–Crippen LogP) is 2.39. The third-order valence-electron chi connectivity index (χ3n) is 2.51. The topological polar surface area (TPSA) is 55.0 Å². The fraction of sp³-hybridized carbons (Fsp3) is 0.231. The van der Waals surface area contributed by atoms with Crippen LogP contribution in [0.1, 0.15) is 12.7 Å². The lowest BCUT2D eigenvalue weighted by Gasteiger charge is -2.05. The third-order valence-corrected chi connectivity index (χ3v) is 2.51. The molecule has 0 aliphatic carbocycles. The van der Waals surface area contributed by atoms with Crippen molar-refractivity contribution in [1.29, 1.82) is 0 Å². The molecule has 0 saturated heterocycles. The number of hydrogen-bond acceptors (Lipinski definition) is 3. The summed E-state index contributed by atoms with van der Waals surface area (Å²) < 4.78 is 44.3. The monoisotopic (exact) mass is 284 g/mol. The van der Waals surface area contributed by atoms with Gasteiger partial charge in [0.25, 0.3) is 5.56 Å². The molecule has 1 aromatic heterocycles. The van der Waals surface area contributed by atoms with Gasteiger partial charge in [-0.1, -0.05) is 0 Å².